The highest BCUT2D eigenvalue weighted by atomic mass is 35.5. The first-order valence-corrected chi connectivity index (χ1v) is 9.05. The monoisotopic (exact) mass is 431 g/mol. The molecule has 158 valence electrons. The molecule has 0 unspecified atom stereocenters. The summed E-state index contributed by atoms with van der Waals surface area (Å²) in [5.74, 6) is -0.110. The quantitative estimate of drug-likeness (QED) is 0.718. The first kappa shape index (κ1) is 22.9. The molecular weight excluding hydrogens is 411 g/mol. The fourth-order valence-corrected chi connectivity index (χ4v) is 2.96. The zero-order valence-electron chi connectivity index (χ0n) is 15.7. The van der Waals surface area contributed by atoms with Crippen LogP contribution >= 0.6 is 11.6 Å². The number of hydrogen-bond acceptors (Lipinski definition) is 6. The molecule has 0 aliphatic carbocycles. The molecule has 7 nitrogen and oxygen atoms in total. The number of piperazine rings is 1. The van der Waals surface area contributed by atoms with E-state index in [-0.39, 0.29) is 24.5 Å². The second-order valence-electron chi connectivity index (χ2n) is 6.39. The molecule has 29 heavy (non-hydrogen) atoms. The molecule has 0 atom stereocenters. The van der Waals surface area contributed by atoms with E-state index in [4.69, 9.17) is 21.5 Å². The molecule has 1 aromatic heterocycles. The van der Waals surface area contributed by atoms with Crippen molar-refractivity contribution in [3.05, 3.63) is 46.7 Å². The average Bonchev–Trinajstić information content (AvgIpc) is 2.65. The maximum absolute atomic E-state index is 13.5. The van der Waals surface area contributed by atoms with Crippen molar-refractivity contribution in [2.24, 2.45) is 0 Å². The largest absolute Gasteiger partial charge is 0.483 e. The third kappa shape index (κ3) is 7.15. The molecule has 2 N–H and O–H groups in total. The number of carbonyl (C=O) groups is 1. The number of likely N-dealkylation sites (N-methyl/N-ethyl adjacent to an activating group) is 1. The van der Waals surface area contributed by atoms with Gasteiger partial charge in [-0.2, -0.15) is 13.2 Å². The average molecular weight is 432 g/mol. The van der Waals surface area contributed by atoms with Gasteiger partial charge >= 0.3 is 6.18 Å². The predicted molar refractivity (Wildman–Crippen MR) is 103 cm³/mol. The van der Waals surface area contributed by atoms with Crippen LogP contribution in [0.25, 0.3) is 0 Å². The van der Waals surface area contributed by atoms with E-state index in [9.17, 15) is 13.2 Å². The van der Waals surface area contributed by atoms with Gasteiger partial charge in [-0.25, -0.2) is 9.97 Å². The van der Waals surface area contributed by atoms with Gasteiger partial charge in [0.25, 0.3) is 6.47 Å². The van der Waals surface area contributed by atoms with Crippen LogP contribution in [0.5, 0.6) is 0 Å². The Hall–Kier alpha value is -2.43. The van der Waals surface area contributed by atoms with Crippen LogP contribution in [-0.2, 0) is 17.5 Å². The lowest BCUT2D eigenvalue weighted by atomic mass is 10.2. The van der Waals surface area contributed by atoms with E-state index in [1.807, 2.05) is 11.9 Å². The number of carboxylic acid groups (broad SMARTS) is 1. The van der Waals surface area contributed by atoms with Gasteiger partial charge in [0.2, 0.25) is 5.95 Å². The number of rotatable bonds is 4. The van der Waals surface area contributed by atoms with Crippen LogP contribution < -0.4 is 5.32 Å². The SMILES string of the molecule is CN1CCN(Cc2cnc(Nc3cccc(Cl)c3)nc2C(F)(F)F)CC1.O=CO. The second kappa shape index (κ2) is 10.4. The molecule has 0 saturated carbocycles. The maximum atomic E-state index is 13.5. The number of alkyl halides is 3. The third-order valence-corrected chi connectivity index (χ3v) is 4.44. The Morgan fingerprint density at radius 2 is 1.93 bits per heavy atom. The Morgan fingerprint density at radius 3 is 2.52 bits per heavy atom. The molecule has 1 aliphatic rings. The number of nitrogens with zero attached hydrogens (tertiary/aromatic N) is 4. The Labute approximate surface area is 171 Å². The number of nitrogens with one attached hydrogen (secondary N) is 1. The van der Waals surface area contributed by atoms with Gasteiger partial charge in [-0.05, 0) is 25.2 Å². The van der Waals surface area contributed by atoms with Crippen molar-refractivity contribution in [3.8, 4) is 0 Å². The molecule has 0 spiro atoms. The minimum absolute atomic E-state index is 0.0821. The molecule has 11 heteroatoms. The van der Waals surface area contributed by atoms with Crippen molar-refractivity contribution >= 4 is 29.7 Å². The van der Waals surface area contributed by atoms with E-state index in [1.165, 1.54) is 6.20 Å². The summed E-state index contributed by atoms with van der Waals surface area (Å²) in [6.07, 6.45) is -3.30. The van der Waals surface area contributed by atoms with Crippen LogP contribution in [0, 0.1) is 0 Å². The highest BCUT2D eigenvalue weighted by molar-refractivity contribution is 6.30. The van der Waals surface area contributed by atoms with Crippen LogP contribution in [0.15, 0.2) is 30.5 Å². The molecule has 0 radical (unpaired) electrons. The van der Waals surface area contributed by atoms with Crippen LogP contribution in [0.1, 0.15) is 11.3 Å². The number of hydrogen-bond donors (Lipinski definition) is 2. The Morgan fingerprint density at radius 1 is 1.28 bits per heavy atom. The smallest absolute Gasteiger partial charge is 0.433 e. The van der Waals surface area contributed by atoms with E-state index < -0.39 is 11.9 Å². The van der Waals surface area contributed by atoms with Crippen LogP contribution in [0.4, 0.5) is 24.8 Å². The van der Waals surface area contributed by atoms with Crippen molar-refractivity contribution < 1.29 is 23.1 Å². The molecule has 1 aromatic carbocycles. The van der Waals surface area contributed by atoms with E-state index in [2.05, 4.69) is 20.2 Å². The summed E-state index contributed by atoms with van der Waals surface area (Å²) >= 11 is 5.89. The first-order valence-electron chi connectivity index (χ1n) is 8.67. The maximum Gasteiger partial charge on any atom is 0.433 e. The van der Waals surface area contributed by atoms with Gasteiger partial charge in [0.15, 0.2) is 5.69 Å². The summed E-state index contributed by atoms with van der Waals surface area (Å²) in [7, 11) is 2.00. The Balaban J connectivity index is 0.000000941. The summed E-state index contributed by atoms with van der Waals surface area (Å²) in [4.78, 5) is 20.3. The number of halogens is 4. The zero-order valence-corrected chi connectivity index (χ0v) is 16.4. The first-order chi connectivity index (χ1) is 13.7. The normalized spacial score (nSPS) is 15.3. The van der Waals surface area contributed by atoms with Crippen LogP contribution in [-0.4, -0.2) is 64.6 Å². The number of anilines is 2. The predicted octanol–water partition coefficient (Wildman–Crippen LogP) is 3.34. The summed E-state index contributed by atoms with van der Waals surface area (Å²) in [5, 5.41) is 10.1. The highest BCUT2D eigenvalue weighted by Gasteiger charge is 2.36. The van der Waals surface area contributed by atoms with E-state index in [0.29, 0.717) is 10.7 Å². The van der Waals surface area contributed by atoms with Crippen molar-refractivity contribution in [3.63, 3.8) is 0 Å². The summed E-state index contributed by atoms with van der Waals surface area (Å²) in [5.41, 5.74) is -0.299. The fraction of sp³-hybridized carbons (Fsp3) is 0.389. The number of benzene rings is 1. The van der Waals surface area contributed by atoms with E-state index >= 15 is 0 Å². The molecule has 2 aromatic rings. The van der Waals surface area contributed by atoms with Gasteiger partial charge in [0.05, 0.1) is 0 Å². The molecular formula is C18H21ClF3N5O2. The third-order valence-electron chi connectivity index (χ3n) is 4.20. The van der Waals surface area contributed by atoms with Gasteiger partial charge in [0.1, 0.15) is 0 Å². The van der Waals surface area contributed by atoms with Gasteiger partial charge in [-0.15, -0.1) is 0 Å². The lowest BCUT2D eigenvalue weighted by Crippen LogP contribution is -2.44. The van der Waals surface area contributed by atoms with Crippen LogP contribution in [0.3, 0.4) is 0 Å². The topological polar surface area (TPSA) is 81.6 Å². The minimum Gasteiger partial charge on any atom is -0.483 e. The van der Waals surface area contributed by atoms with Crippen molar-refractivity contribution in [1.82, 2.24) is 19.8 Å². The van der Waals surface area contributed by atoms with Crippen molar-refractivity contribution in [1.29, 1.82) is 0 Å². The molecule has 0 amide bonds. The summed E-state index contributed by atoms with van der Waals surface area (Å²) in [6, 6.07) is 6.64. The number of aromatic nitrogens is 2. The van der Waals surface area contributed by atoms with Gasteiger partial charge in [-0.1, -0.05) is 17.7 Å². The van der Waals surface area contributed by atoms with Crippen LogP contribution in [0.2, 0.25) is 5.02 Å². The standard InChI is InChI=1S/C17H19ClF3N5.CH2O2/c1-25-5-7-26(8-6-25)11-12-10-22-16(24-15(12)17(19,20)21)23-14-4-2-3-13(18)9-14;2-1-3/h2-4,9-10H,5-8,11H2,1H3,(H,22,23,24);1H,(H,2,3). The minimum atomic E-state index is -4.55. The van der Waals surface area contributed by atoms with E-state index in [1.54, 1.807) is 24.3 Å². The second-order valence-corrected chi connectivity index (χ2v) is 6.82. The van der Waals surface area contributed by atoms with Gasteiger partial charge < -0.3 is 15.3 Å². The lowest BCUT2D eigenvalue weighted by Gasteiger charge is -2.32. The molecule has 1 fully saturated rings. The highest BCUT2D eigenvalue weighted by Crippen LogP contribution is 2.32. The zero-order chi connectivity index (χ0) is 21.4. The van der Waals surface area contributed by atoms with Gasteiger partial charge in [0, 0.05) is 55.2 Å². The Kier molecular flexibility index (Phi) is 8.18. The van der Waals surface area contributed by atoms with Crippen molar-refractivity contribution in [2.75, 3.05) is 38.5 Å². The Bertz CT molecular complexity index is 814. The summed E-state index contributed by atoms with van der Waals surface area (Å²) in [6.45, 7) is 3.03. The molecule has 0 bridgehead atoms. The van der Waals surface area contributed by atoms with Gasteiger partial charge in [-0.3, -0.25) is 9.69 Å². The van der Waals surface area contributed by atoms with Crippen molar-refractivity contribution in [2.45, 2.75) is 12.7 Å². The fourth-order valence-electron chi connectivity index (χ4n) is 2.77. The summed E-state index contributed by atoms with van der Waals surface area (Å²) < 4.78 is 40.4. The molecule has 2 heterocycles. The molecule has 3 rings (SSSR count). The molecule has 1 aliphatic heterocycles. The molecule has 1 saturated heterocycles. The lowest BCUT2D eigenvalue weighted by molar-refractivity contribution is -0.142. The van der Waals surface area contributed by atoms with E-state index in [0.717, 1.165) is 26.2 Å².